The quantitative estimate of drug-likeness (QED) is 0.788. The Kier molecular flexibility index (Phi) is 5.03. The van der Waals surface area contributed by atoms with Crippen LogP contribution in [0.4, 0.5) is 5.69 Å². The van der Waals surface area contributed by atoms with Crippen molar-refractivity contribution in [3.63, 3.8) is 0 Å². The molecule has 1 aliphatic rings. The molecule has 2 N–H and O–H groups in total. The first-order valence-corrected chi connectivity index (χ1v) is 8.44. The molecule has 5 heteroatoms. The highest BCUT2D eigenvalue weighted by Gasteiger charge is 2.21. The van der Waals surface area contributed by atoms with Crippen molar-refractivity contribution in [3.05, 3.63) is 58.6 Å². The molecule has 1 unspecified atom stereocenters. The number of halogens is 1. The average Bonchev–Trinajstić information content (AvgIpc) is 2.54. The van der Waals surface area contributed by atoms with Gasteiger partial charge in [-0.25, -0.2) is 0 Å². The normalized spacial score (nSPS) is 16.3. The Morgan fingerprint density at radius 2 is 2.13 bits per heavy atom. The van der Waals surface area contributed by atoms with Crippen molar-refractivity contribution in [2.45, 2.75) is 25.3 Å². The molecule has 2 aromatic carbocycles. The van der Waals surface area contributed by atoms with Gasteiger partial charge in [0.05, 0.1) is 13.2 Å². The van der Waals surface area contributed by atoms with E-state index in [2.05, 4.69) is 22.8 Å². The molecule has 23 heavy (non-hydrogen) atoms. The van der Waals surface area contributed by atoms with Gasteiger partial charge in [0.25, 0.3) is 0 Å². The summed E-state index contributed by atoms with van der Waals surface area (Å²) in [7, 11) is 1.70. The Morgan fingerprint density at radius 3 is 2.91 bits per heavy atom. The van der Waals surface area contributed by atoms with Crippen molar-refractivity contribution in [3.8, 4) is 5.75 Å². The van der Waals surface area contributed by atoms with Crippen LogP contribution in [-0.4, -0.2) is 12.2 Å². The van der Waals surface area contributed by atoms with Crippen LogP contribution >= 0.6 is 23.8 Å². The lowest BCUT2D eigenvalue weighted by atomic mass is 9.87. The molecule has 120 valence electrons. The predicted octanol–water partition coefficient (Wildman–Crippen LogP) is 4.71. The van der Waals surface area contributed by atoms with Gasteiger partial charge < -0.3 is 15.4 Å². The fourth-order valence-corrected chi connectivity index (χ4v) is 3.41. The summed E-state index contributed by atoms with van der Waals surface area (Å²) in [6, 6.07) is 14.0. The number of ether oxygens (including phenoxy) is 1. The first-order chi connectivity index (χ1) is 11.2. The first kappa shape index (κ1) is 16.1. The van der Waals surface area contributed by atoms with Gasteiger partial charge in [-0.2, -0.15) is 0 Å². The maximum absolute atomic E-state index is 6.00. The number of methoxy groups -OCH3 is 1. The van der Waals surface area contributed by atoms with Gasteiger partial charge in [-0.3, -0.25) is 0 Å². The van der Waals surface area contributed by atoms with Crippen molar-refractivity contribution < 1.29 is 4.74 Å². The maximum atomic E-state index is 6.00. The van der Waals surface area contributed by atoms with Gasteiger partial charge in [0.15, 0.2) is 5.11 Å². The molecule has 0 fully saturated rings. The Hall–Kier alpha value is -1.78. The summed E-state index contributed by atoms with van der Waals surface area (Å²) < 4.78 is 5.32. The molecule has 1 aliphatic carbocycles. The molecule has 0 spiro atoms. The third kappa shape index (κ3) is 3.95. The van der Waals surface area contributed by atoms with Gasteiger partial charge in [-0.1, -0.05) is 23.7 Å². The van der Waals surface area contributed by atoms with E-state index in [0.717, 1.165) is 30.7 Å². The second-order valence-corrected chi connectivity index (χ2v) is 6.46. The molecular formula is C18H19ClN2OS. The van der Waals surface area contributed by atoms with Crippen LogP contribution in [0.25, 0.3) is 0 Å². The Bertz CT molecular complexity index is 720. The number of benzene rings is 2. The fraction of sp³-hybridized carbons (Fsp3) is 0.278. The molecule has 0 aromatic heterocycles. The zero-order valence-corrected chi connectivity index (χ0v) is 14.5. The minimum atomic E-state index is 0.226. The fourth-order valence-electron chi connectivity index (χ4n) is 2.96. The van der Waals surface area contributed by atoms with E-state index in [0.29, 0.717) is 10.1 Å². The van der Waals surface area contributed by atoms with E-state index in [1.54, 1.807) is 7.11 Å². The number of hydrogen-bond donors (Lipinski definition) is 2. The molecule has 3 nitrogen and oxygen atoms in total. The van der Waals surface area contributed by atoms with Crippen molar-refractivity contribution in [2.24, 2.45) is 0 Å². The molecule has 0 bridgehead atoms. The lowest BCUT2D eigenvalue weighted by molar-refractivity contribution is 0.412. The monoisotopic (exact) mass is 346 g/mol. The minimum absolute atomic E-state index is 0.226. The van der Waals surface area contributed by atoms with E-state index < -0.39 is 0 Å². The van der Waals surface area contributed by atoms with Crippen LogP contribution in [0.3, 0.4) is 0 Å². The highest BCUT2D eigenvalue weighted by molar-refractivity contribution is 7.80. The Balaban J connectivity index is 1.70. The van der Waals surface area contributed by atoms with Crippen molar-refractivity contribution in [2.75, 3.05) is 12.4 Å². The standard InChI is InChI=1S/C18H19ClN2OS/c1-22-15-8-9-16-12(10-15)4-2-7-17(16)21-18(23)20-14-6-3-5-13(19)11-14/h3,5-6,8-11,17H,2,4,7H2,1H3,(H2,20,21,23). The number of rotatable bonds is 3. The lowest BCUT2D eigenvalue weighted by Gasteiger charge is -2.28. The smallest absolute Gasteiger partial charge is 0.171 e. The Labute approximate surface area is 147 Å². The molecule has 0 heterocycles. The van der Waals surface area contributed by atoms with Crippen LogP contribution in [0, 0.1) is 0 Å². The summed E-state index contributed by atoms with van der Waals surface area (Å²) in [4.78, 5) is 0. The zero-order chi connectivity index (χ0) is 16.2. The summed E-state index contributed by atoms with van der Waals surface area (Å²) in [5, 5.41) is 7.91. The van der Waals surface area contributed by atoms with Crippen molar-refractivity contribution in [1.29, 1.82) is 0 Å². The van der Waals surface area contributed by atoms with Crippen molar-refractivity contribution >= 4 is 34.6 Å². The van der Waals surface area contributed by atoms with Gasteiger partial charge in [-0.05, 0) is 72.9 Å². The van der Waals surface area contributed by atoms with Crippen LogP contribution in [-0.2, 0) is 6.42 Å². The zero-order valence-electron chi connectivity index (χ0n) is 12.9. The van der Waals surface area contributed by atoms with E-state index in [-0.39, 0.29) is 6.04 Å². The van der Waals surface area contributed by atoms with Gasteiger partial charge in [-0.15, -0.1) is 0 Å². The molecule has 0 amide bonds. The van der Waals surface area contributed by atoms with E-state index in [1.165, 1.54) is 11.1 Å². The van der Waals surface area contributed by atoms with Crippen LogP contribution in [0.1, 0.15) is 30.0 Å². The largest absolute Gasteiger partial charge is 0.497 e. The average molecular weight is 347 g/mol. The molecule has 2 aromatic rings. The first-order valence-electron chi connectivity index (χ1n) is 7.65. The maximum Gasteiger partial charge on any atom is 0.171 e. The number of anilines is 1. The molecule has 0 aliphatic heterocycles. The van der Waals surface area contributed by atoms with Gasteiger partial charge in [0.1, 0.15) is 5.75 Å². The van der Waals surface area contributed by atoms with Gasteiger partial charge in [0, 0.05) is 10.7 Å². The van der Waals surface area contributed by atoms with Gasteiger partial charge in [0.2, 0.25) is 0 Å². The van der Waals surface area contributed by atoms with Crippen molar-refractivity contribution in [1.82, 2.24) is 5.32 Å². The third-order valence-electron chi connectivity index (χ3n) is 4.05. The van der Waals surface area contributed by atoms with E-state index in [1.807, 2.05) is 30.3 Å². The van der Waals surface area contributed by atoms with E-state index in [9.17, 15) is 0 Å². The summed E-state index contributed by atoms with van der Waals surface area (Å²) >= 11 is 11.4. The second kappa shape index (κ2) is 7.20. The van der Waals surface area contributed by atoms with Crippen LogP contribution in [0.2, 0.25) is 5.02 Å². The molecule has 0 saturated heterocycles. The molecule has 0 radical (unpaired) electrons. The number of hydrogen-bond acceptors (Lipinski definition) is 2. The van der Waals surface area contributed by atoms with Crippen LogP contribution < -0.4 is 15.4 Å². The molecular weight excluding hydrogens is 328 g/mol. The number of thiocarbonyl (C=S) groups is 1. The summed E-state index contributed by atoms with van der Waals surface area (Å²) in [6.07, 6.45) is 3.29. The SMILES string of the molecule is COc1ccc2c(c1)CCCC2NC(=S)Nc1cccc(Cl)c1. The number of fused-ring (bicyclic) bond motifs is 1. The Morgan fingerprint density at radius 1 is 1.26 bits per heavy atom. The number of aryl methyl sites for hydroxylation is 1. The van der Waals surface area contributed by atoms with Gasteiger partial charge >= 0.3 is 0 Å². The molecule has 3 rings (SSSR count). The number of nitrogens with one attached hydrogen (secondary N) is 2. The predicted molar refractivity (Wildman–Crippen MR) is 99.5 cm³/mol. The van der Waals surface area contributed by atoms with Crippen LogP contribution in [0.15, 0.2) is 42.5 Å². The highest BCUT2D eigenvalue weighted by atomic mass is 35.5. The summed E-state index contributed by atoms with van der Waals surface area (Å²) in [5.41, 5.74) is 3.52. The van der Waals surface area contributed by atoms with E-state index >= 15 is 0 Å². The van der Waals surface area contributed by atoms with Crippen LogP contribution in [0.5, 0.6) is 5.75 Å². The molecule has 1 atom stereocenters. The third-order valence-corrected chi connectivity index (χ3v) is 4.51. The molecule has 0 saturated carbocycles. The summed E-state index contributed by atoms with van der Waals surface area (Å²) in [5.74, 6) is 0.907. The van der Waals surface area contributed by atoms with E-state index in [4.69, 9.17) is 28.6 Å². The lowest BCUT2D eigenvalue weighted by Crippen LogP contribution is -2.34. The topological polar surface area (TPSA) is 33.3 Å². The summed E-state index contributed by atoms with van der Waals surface area (Å²) in [6.45, 7) is 0. The second-order valence-electron chi connectivity index (χ2n) is 5.62. The highest BCUT2D eigenvalue weighted by Crippen LogP contribution is 2.32. The minimum Gasteiger partial charge on any atom is -0.497 e.